The van der Waals surface area contributed by atoms with Crippen LogP contribution in [-0.4, -0.2) is 29.8 Å². The smallest absolute Gasteiger partial charge is 0.321 e. The highest BCUT2D eigenvalue weighted by Gasteiger charge is 2.33. The van der Waals surface area contributed by atoms with Crippen molar-refractivity contribution in [1.82, 2.24) is 4.31 Å². The lowest BCUT2D eigenvalue weighted by Crippen LogP contribution is -2.42. The number of sulfonamides is 1. The largest absolute Gasteiger partial charge is 0.480 e. The second-order valence-electron chi connectivity index (χ2n) is 5.01. The maximum absolute atomic E-state index is 13.3. The molecule has 0 fully saturated rings. The zero-order valence-electron chi connectivity index (χ0n) is 12.4. The predicted molar refractivity (Wildman–Crippen MR) is 82.7 cm³/mol. The van der Waals surface area contributed by atoms with Gasteiger partial charge in [-0.15, -0.1) is 0 Å². The van der Waals surface area contributed by atoms with E-state index in [4.69, 9.17) is 0 Å². The highest BCUT2D eigenvalue weighted by molar-refractivity contribution is 7.89. The van der Waals surface area contributed by atoms with Gasteiger partial charge in [0.15, 0.2) is 0 Å². The third kappa shape index (κ3) is 3.94. The van der Waals surface area contributed by atoms with Crippen LogP contribution in [0.4, 0.5) is 4.39 Å². The maximum Gasteiger partial charge on any atom is 0.321 e. The molecule has 7 heteroatoms. The summed E-state index contributed by atoms with van der Waals surface area (Å²) >= 11 is 0. The van der Waals surface area contributed by atoms with Crippen LogP contribution in [0, 0.1) is 5.82 Å². The molecule has 0 aliphatic heterocycles. The summed E-state index contributed by atoms with van der Waals surface area (Å²) in [6.07, 6.45) is 0. The molecule has 0 saturated carbocycles. The third-order valence-electron chi connectivity index (χ3n) is 3.37. The van der Waals surface area contributed by atoms with E-state index in [1.54, 1.807) is 30.3 Å². The molecule has 2 aromatic rings. The molecular weight excluding hydrogens is 321 g/mol. The number of carboxylic acids is 1. The number of carbonyl (C=O) groups is 1. The van der Waals surface area contributed by atoms with Gasteiger partial charge in [-0.2, -0.15) is 4.31 Å². The molecule has 2 aromatic carbocycles. The first-order chi connectivity index (χ1) is 10.8. The first-order valence-corrected chi connectivity index (χ1v) is 8.30. The van der Waals surface area contributed by atoms with Crippen molar-refractivity contribution in [2.24, 2.45) is 0 Å². The highest BCUT2D eigenvalue weighted by Crippen LogP contribution is 2.22. The molecule has 0 radical (unpaired) electrons. The van der Waals surface area contributed by atoms with E-state index in [0.717, 1.165) is 16.4 Å². The average Bonchev–Trinajstić information content (AvgIpc) is 2.52. The summed E-state index contributed by atoms with van der Waals surface area (Å²) in [5, 5.41) is 9.22. The van der Waals surface area contributed by atoms with Crippen molar-refractivity contribution in [2.45, 2.75) is 24.4 Å². The topological polar surface area (TPSA) is 74.7 Å². The Morgan fingerprint density at radius 3 is 2.39 bits per heavy atom. The van der Waals surface area contributed by atoms with Crippen LogP contribution in [0.5, 0.6) is 0 Å². The molecule has 0 spiro atoms. The minimum Gasteiger partial charge on any atom is -0.480 e. The van der Waals surface area contributed by atoms with Gasteiger partial charge in [0.05, 0.1) is 4.90 Å². The summed E-state index contributed by atoms with van der Waals surface area (Å²) in [6, 6.07) is 11.9. The summed E-state index contributed by atoms with van der Waals surface area (Å²) in [5.74, 6) is -1.98. The summed E-state index contributed by atoms with van der Waals surface area (Å²) in [6.45, 7) is 1.16. The van der Waals surface area contributed by atoms with E-state index in [2.05, 4.69) is 0 Å². The Hall–Kier alpha value is -2.25. The number of hydrogen-bond donors (Lipinski definition) is 1. The van der Waals surface area contributed by atoms with Crippen LogP contribution in [-0.2, 0) is 21.4 Å². The SMILES string of the molecule is CC(C(=O)O)N(Cc1ccccc1)S(=O)(=O)c1cccc(F)c1. The normalized spacial score (nSPS) is 13.0. The Balaban J connectivity index is 2.46. The van der Waals surface area contributed by atoms with Crippen LogP contribution in [0.3, 0.4) is 0 Å². The Morgan fingerprint density at radius 2 is 1.83 bits per heavy atom. The molecule has 2 rings (SSSR count). The molecule has 1 atom stereocenters. The Morgan fingerprint density at radius 1 is 1.17 bits per heavy atom. The summed E-state index contributed by atoms with van der Waals surface area (Å²) in [7, 11) is -4.15. The molecule has 5 nitrogen and oxygen atoms in total. The molecule has 0 bridgehead atoms. The van der Waals surface area contributed by atoms with Crippen molar-refractivity contribution in [3.63, 3.8) is 0 Å². The number of aliphatic carboxylic acids is 1. The third-order valence-corrected chi connectivity index (χ3v) is 5.29. The van der Waals surface area contributed by atoms with Gasteiger partial charge in [0.25, 0.3) is 0 Å². The molecule has 23 heavy (non-hydrogen) atoms. The number of benzene rings is 2. The minimum absolute atomic E-state index is 0.118. The Bertz CT molecular complexity index is 793. The maximum atomic E-state index is 13.3. The first-order valence-electron chi connectivity index (χ1n) is 6.86. The Labute approximate surface area is 134 Å². The molecule has 1 N–H and O–H groups in total. The van der Waals surface area contributed by atoms with Crippen molar-refractivity contribution in [2.75, 3.05) is 0 Å². The second-order valence-corrected chi connectivity index (χ2v) is 6.90. The Kier molecular flexibility index (Phi) is 5.12. The van der Waals surface area contributed by atoms with Gasteiger partial charge in [0.1, 0.15) is 11.9 Å². The first kappa shape index (κ1) is 17.1. The summed E-state index contributed by atoms with van der Waals surface area (Å²) < 4.78 is 39.7. The molecule has 0 aliphatic carbocycles. The van der Waals surface area contributed by atoms with Crippen LogP contribution in [0.1, 0.15) is 12.5 Å². The average molecular weight is 337 g/mol. The van der Waals surface area contributed by atoms with Crippen LogP contribution >= 0.6 is 0 Å². The van der Waals surface area contributed by atoms with Gasteiger partial charge in [0, 0.05) is 6.54 Å². The lowest BCUT2D eigenvalue weighted by Gasteiger charge is -2.26. The van der Waals surface area contributed by atoms with Crippen molar-refractivity contribution < 1.29 is 22.7 Å². The van der Waals surface area contributed by atoms with Crippen LogP contribution in [0.2, 0.25) is 0 Å². The lowest BCUT2D eigenvalue weighted by atomic mass is 10.2. The van der Waals surface area contributed by atoms with Crippen molar-refractivity contribution >= 4 is 16.0 Å². The van der Waals surface area contributed by atoms with Gasteiger partial charge in [-0.3, -0.25) is 4.79 Å². The van der Waals surface area contributed by atoms with Gasteiger partial charge in [0.2, 0.25) is 10.0 Å². The molecule has 0 aromatic heterocycles. The minimum atomic E-state index is -4.15. The number of hydrogen-bond acceptors (Lipinski definition) is 3. The van der Waals surface area contributed by atoms with Crippen molar-refractivity contribution in [1.29, 1.82) is 0 Å². The summed E-state index contributed by atoms with van der Waals surface area (Å²) in [5.41, 5.74) is 0.639. The van der Waals surface area contributed by atoms with Crippen molar-refractivity contribution in [3.8, 4) is 0 Å². The van der Waals surface area contributed by atoms with Gasteiger partial charge in [-0.25, -0.2) is 12.8 Å². The van der Waals surface area contributed by atoms with E-state index < -0.39 is 27.9 Å². The quantitative estimate of drug-likeness (QED) is 0.879. The standard InChI is InChI=1S/C16H16FNO4S/c1-12(16(19)20)18(11-13-6-3-2-4-7-13)23(21,22)15-9-5-8-14(17)10-15/h2-10,12H,11H2,1H3,(H,19,20). The number of halogens is 1. The van der Waals surface area contributed by atoms with E-state index in [9.17, 15) is 22.7 Å². The van der Waals surface area contributed by atoms with Crippen LogP contribution in [0.25, 0.3) is 0 Å². The van der Waals surface area contributed by atoms with E-state index in [0.29, 0.717) is 5.56 Å². The molecule has 122 valence electrons. The second kappa shape index (κ2) is 6.89. The van der Waals surface area contributed by atoms with E-state index >= 15 is 0 Å². The predicted octanol–water partition coefficient (Wildman–Crippen LogP) is 2.49. The monoisotopic (exact) mass is 337 g/mol. The lowest BCUT2D eigenvalue weighted by molar-refractivity contribution is -0.141. The number of nitrogens with zero attached hydrogens (tertiary/aromatic N) is 1. The van der Waals surface area contributed by atoms with E-state index in [-0.39, 0.29) is 11.4 Å². The fourth-order valence-corrected chi connectivity index (χ4v) is 3.69. The zero-order valence-corrected chi connectivity index (χ0v) is 13.2. The molecule has 0 heterocycles. The molecule has 0 aliphatic rings. The van der Waals surface area contributed by atoms with Gasteiger partial charge in [-0.05, 0) is 30.7 Å². The van der Waals surface area contributed by atoms with E-state index in [1.807, 2.05) is 0 Å². The fourth-order valence-electron chi connectivity index (χ4n) is 2.08. The zero-order chi connectivity index (χ0) is 17.0. The number of carboxylic acid groups (broad SMARTS) is 1. The number of rotatable bonds is 6. The fraction of sp³-hybridized carbons (Fsp3) is 0.188. The summed E-state index contributed by atoms with van der Waals surface area (Å²) in [4.78, 5) is 11.0. The molecule has 1 unspecified atom stereocenters. The van der Waals surface area contributed by atoms with E-state index in [1.165, 1.54) is 19.1 Å². The van der Waals surface area contributed by atoms with Gasteiger partial charge < -0.3 is 5.11 Å². The van der Waals surface area contributed by atoms with Crippen LogP contribution < -0.4 is 0 Å². The molecular formula is C16H16FNO4S. The van der Waals surface area contributed by atoms with Gasteiger partial charge in [-0.1, -0.05) is 36.4 Å². The van der Waals surface area contributed by atoms with Gasteiger partial charge >= 0.3 is 5.97 Å². The molecule has 0 amide bonds. The highest BCUT2D eigenvalue weighted by atomic mass is 32.2. The van der Waals surface area contributed by atoms with Crippen LogP contribution in [0.15, 0.2) is 59.5 Å². The molecule has 0 saturated heterocycles. The van der Waals surface area contributed by atoms with Crippen molar-refractivity contribution in [3.05, 3.63) is 66.0 Å².